The fourth-order valence-electron chi connectivity index (χ4n) is 3.33. The highest BCUT2D eigenvalue weighted by Gasteiger charge is 2.30. The fourth-order valence-corrected chi connectivity index (χ4v) is 3.33. The molecule has 1 heterocycles. The molecular weight excluding hydrogens is 352 g/mol. The van der Waals surface area contributed by atoms with E-state index in [-0.39, 0.29) is 17.7 Å². The van der Waals surface area contributed by atoms with Crippen LogP contribution in [-0.4, -0.2) is 21.5 Å². The SMILES string of the molecule is O=C(Nn1cnc2ccccc21)c1cc2ccccc2cc1NC(=O)C1CC1. The lowest BCUT2D eigenvalue weighted by Crippen LogP contribution is -2.24. The monoisotopic (exact) mass is 370 g/mol. The smallest absolute Gasteiger partial charge is 0.272 e. The number of anilines is 1. The number of aromatic nitrogens is 2. The van der Waals surface area contributed by atoms with Crippen LogP contribution in [0.3, 0.4) is 0 Å². The Morgan fingerprint density at radius 1 is 0.964 bits per heavy atom. The zero-order valence-corrected chi connectivity index (χ0v) is 15.1. The standard InChI is InChI=1S/C22H18N4O2/c27-21(14-9-10-14)24-19-12-16-6-2-1-5-15(16)11-17(19)22(28)25-26-13-23-18-7-3-4-8-20(18)26/h1-8,11-14H,9-10H2,(H,24,27)(H,25,28). The second-order valence-corrected chi connectivity index (χ2v) is 7.05. The molecule has 1 fully saturated rings. The van der Waals surface area contributed by atoms with Crippen molar-refractivity contribution in [1.82, 2.24) is 9.66 Å². The van der Waals surface area contributed by atoms with Gasteiger partial charge in [0.15, 0.2) is 0 Å². The number of imidazole rings is 1. The van der Waals surface area contributed by atoms with Gasteiger partial charge in [-0.1, -0.05) is 36.4 Å². The molecule has 4 aromatic rings. The zero-order chi connectivity index (χ0) is 19.1. The third kappa shape index (κ3) is 2.99. The molecule has 0 radical (unpaired) electrons. The lowest BCUT2D eigenvalue weighted by molar-refractivity contribution is -0.117. The van der Waals surface area contributed by atoms with Crippen LogP contribution in [0.1, 0.15) is 23.2 Å². The Bertz CT molecular complexity index is 1220. The summed E-state index contributed by atoms with van der Waals surface area (Å²) in [5.74, 6) is -0.280. The topological polar surface area (TPSA) is 76.0 Å². The van der Waals surface area contributed by atoms with Crippen LogP contribution in [0.25, 0.3) is 21.8 Å². The van der Waals surface area contributed by atoms with E-state index in [1.165, 1.54) is 0 Å². The summed E-state index contributed by atoms with van der Waals surface area (Å²) in [6.07, 6.45) is 3.38. The molecule has 1 aliphatic rings. The van der Waals surface area contributed by atoms with E-state index < -0.39 is 0 Å². The maximum atomic E-state index is 13.1. The van der Waals surface area contributed by atoms with Crippen molar-refractivity contribution >= 4 is 39.3 Å². The Morgan fingerprint density at radius 2 is 1.68 bits per heavy atom. The van der Waals surface area contributed by atoms with Crippen LogP contribution in [0.15, 0.2) is 67.0 Å². The molecule has 6 nitrogen and oxygen atoms in total. The molecule has 1 aliphatic carbocycles. The number of benzene rings is 3. The zero-order valence-electron chi connectivity index (χ0n) is 15.1. The number of hydrogen-bond donors (Lipinski definition) is 2. The van der Waals surface area contributed by atoms with E-state index in [0.29, 0.717) is 11.3 Å². The summed E-state index contributed by atoms with van der Waals surface area (Å²) in [5.41, 5.74) is 5.42. The molecule has 1 saturated carbocycles. The molecule has 0 saturated heterocycles. The Labute approximate surface area is 161 Å². The largest absolute Gasteiger partial charge is 0.325 e. The molecule has 0 atom stereocenters. The lowest BCUT2D eigenvalue weighted by Gasteiger charge is -2.14. The van der Waals surface area contributed by atoms with E-state index in [1.54, 1.807) is 11.0 Å². The van der Waals surface area contributed by atoms with Crippen molar-refractivity contribution in [2.45, 2.75) is 12.8 Å². The van der Waals surface area contributed by atoms with Gasteiger partial charge in [0.25, 0.3) is 5.91 Å². The van der Waals surface area contributed by atoms with Gasteiger partial charge in [-0.2, -0.15) is 0 Å². The molecule has 0 unspecified atom stereocenters. The van der Waals surface area contributed by atoms with Crippen molar-refractivity contribution in [3.8, 4) is 0 Å². The summed E-state index contributed by atoms with van der Waals surface area (Å²) in [7, 11) is 0. The minimum Gasteiger partial charge on any atom is -0.325 e. The van der Waals surface area contributed by atoms with Crippen molar-refractivity contribution in [2.75, 3.05) is 10.7 Å². The Balaban J connectivity index is 1.53. The van der Waals surface area contributed by atoms with Crippen LogP contribution in [0.2, 0.25) is 0 Å². The van der Waals surface area contributed by atoms with E-state index in [1.807, 2.05) is 60.7 Å². The van der Waals surface area contributed by atoms with Crippen LogP contribution in [-0.2, 0) is 4.79 Å². The molecule has 6 heteroatoms. The van der Waals surface area contributed by atoms with Crippen LogP contribution in [0, 0.1) is 5.92 Å². The van der Waals surface area contributed by atoms with Crippen LogP contribution >= 0.6 is 0 Å². The summed E-state index contributed by atoms with van der Waals surface area (Å²) in [6.45, 7) is 0. The molecule has 5 rings (SSSR count). The van der Waals surface area contributed by atoms with Gasteiger partial charge in [-0.15, -0.1) is 0 Å². The van der Waals surface area contributed by atoms with Crippen molar-refractivity contribution in [3.63, 3.8) is 0 Å². The third-order valence-electron chi connectivity index (χ3n) is 5.01. The van der Waals surface area contributed by atoms with Crippen molar-refractivity contribution in [3.05, 3.63) is 72.6 Å². The molecule has 3 aromatic carbocycles. The highest BCUT2D eigenvalue weighted by atomic mass is 16.2. The average Bonchev–Trinajstić information content (AvgIpc) is 3.50. The molecule has 2 N–H and O–H groups in total. The Morgan fingerprint density at radius 3 is 2.46 bits per heavy atom. The van der Waals surface area contributed by atoms with Crippen molar-refractivity contribution in [2.24, 2.45) is 5.92 Å². The van der Waals surface area contributed by atoms with Crippen LogP contribution in [0.5, 0.6) is 0 Å². The van der Waals surface area contributed by atoms with Gasteiger partial charge < -0.3 is 5.32 Å². The van der Waals surface area contributed by atoms with Crippen molar-refractivity contribution in [1.29, 1.82) is 0 Å². The first-order chi connectivity index (χ1) is 13.7. The molecule has 2 amide bonds. The van der Waals surface area contributed by atoms with Gasteiger partial charge in [-0.05, 0) is 47.9 Å². The first-order valence-corrected chi connectivity index (χ1v) is 9.26. The first-order valence-electron chi connectivity index (χ1n) is 9.26. The van der Waals surface area contributed by atoms with Gasteiger partial charge in [0.2, 0.25) is 5.91 Å². The molecule has 0 aliphatic heterocycles. The number of para-hydroxylation sites is 2. The summed E-state index contributed by atoms with van der Waals surface area (Å²) < 4.78 is 1.60. The summed E-state index contributed by atoms with van der Waals surface area (Å²) in [6, 6.07) is 19.0. The molecule has 0 bridgehead atoms. The second-order valence-electron chi connectivity index (χ2n) is 7.05. The first kappa shape index (κ1) is 16.5. The Hall–Kier alpha value is -3.67. The number of amides is 2. The Kier molecular flexibility index (Phi) is 3.83. The minimum absolute atomic E-state index is 0.0302. The quantitative estimate of drug-likeness (QED) is 0.572. The number of rotatable bonds is 4. The van der Waals surface area contributed by atoms with E-state index >= 15 is 0 Å². The number of hydrogen-bond acceptors (Lipinski definition) is 3. The minimum atomic E-state index is -0.306. The van der Waals surface area contributed by atoms with Crippen molar-refractivity contribution < 1.29 is 9.59 Å². The molecule has 138 valence electrons. The van der Waals surface area contributed by atoms with Gasteiger partial charge >= 0.3 is 0 Å². The third-order valence-corrected chi connectivity index (χ3v) is 5.01. The molecule has 28 heavy (non-hydrogen) atoms. The molecule has 1 aromatic heterocycles. The van der Waals surface area contributed by atoms with E-state index in [9.17, 15) is 9.59 Å². The normalized spacial score (nSPS) is 13.6. The van der Waals surface area contributed by atoms with Gasteiger partial charge in [-0.25, -0.2) is 9.66 Å². The van der Waals surface area contributed by atoms with E-state index in [0.717, 1.165) is 34.6 Å². The van der Waals surface area contributed by atoms with E-state index in [4.69, 9.17) is 0 Å². The molecular formula is C22H18N4O2. The van der Waals surface area contributed by atoms with E-state index in [2.05, 4.69) is 15.7 Å². The van der Waals surface area contributed by atoms with Gasteiger partial charge in [0.1, 0.15) is 6.33 Å². The highest BCUT2D eigenvalue weighted by Crippen LogP contribution is 2.32. The van der Waals surface area contributed by atoms with Crippen LogP contribution < -0.4 is 10.7 Å². The predicted molar refractivity (Wildman–Crippen MR) is 109 cm³/mol. The maximum absolute atomic E-state index is 13.1. The molecule has 0 spiro atoms. The van der Waals surface area contributed by atoms with Gasteiger partial charge in [0.05, 0.1) is 22.3 Å². The average molecular weight is 370 g/mol. The second kappa shape index (κ2) is 6.49. The maximum Gasteiger partial charge on any atom is 0.272 e. The number of carbonyl (C=O) groups excluding carboxylic acids is 2. The highest BCUT2D eigenvalue weighted by molar-refractivity contribution is 6.11. The van der Waals surface area contributed by atoms with Crippen LogP contribution in [0.4, 0.5) is 5.69 Å². The number of carbonyl (C=O) groups is 2. The summed E-state index contributed by atoms with van der Waals surface area (Å²) >= 11 is 0. The number of nitrogens with one attached hydrogen (secondary N) is 2. The summed E-state index contributed by atoms with van der Waals surface area (Å²) in [4.78, 5) is 29.7. The fraction of sp³-hybridized carbons (Fsp3) is 0.136. The number of fused-ring (bicyclic) bond motifs is 2. The predicted octanol–water partition coefficient (Wildman–Crippen LogP) is 3.92. The lowest BCUT2D eigenvalue weighted by atomic mass is 10.0. The summed E-state index contributed by atoms with van der Waals surface area (Å²) in [5, 5.41) is 4.85. The number of nitrogens with zero attached hydrogens (tertiary/aromatic N) is 2. The van der Waals surface area contributed by atoms with Gasteiger partial charge in [-0.3, -0.25) is 15.0 Å². The van der Waals surface area contributed by atoms with Gasteiger partial charge in [0, 0.05) is 5.92 Å².